The first-order valence-electron chi connectivity index (χ1n) is 33.2. The third-order valence-corrected chi connectivity index (χ3v) is 20.1. The van der Waals surface area contributed by atoms with E-state index in [0.717, 1.165) is 84.8 Å². The topological polar surface area (TPSA) is 361 Å². The molecule has 0 aliphatic heterocycles. The third kappa shape index (κ3) is 23.3. The van der Waals surface area contributed by atoms with Gasteiger partial charge in [0.25, 0.3) is 31.6 Å². The average Bonchev–Trinajstić information content (AvgIpc) is 0.799. The van der Waals surface area contributed by atoms with Crippen molar-refractivity contribution in [3.63, 3.8) is 0 Å². The van der Waals surface area contributed by atoms with Crippen LogP contribution in [0.25, 0.3) is 21.5 Å². The zero-order valence-electron chi connectivity index (χ0n) is 56.2. The first-order valence-corrected chi connectivity index (χ1v) is 36.1. The molecular formula is C68H94FeN9O14S2+3. The molecule has 6 aromatic rings. The van der Waals surface area contributed by atoms with Crippen LogP contribution in [-0.4, -0.2) is 92.5 Å². The van der Waals surface area contributed by atoms with E-state index in [9.17, 15) is 57.5 Å². The quantitative estimate of drug-likeness (QED) is 0.0161. The van der Waals surface area contributed by atoms with Crippen molar-refractivity contribution in [1.82, 2.24) is 16.0 Å². The number of aromatic hydroxyl groups is 4. The summed E-state index contributed by atoms with van der Waals surface area (Å²) in [5.74, 6) is -1.26. The molecule has 0 heterocycles. The normalized spacial score (nSPS) is 18.3. The minimum absolute atomic E-state index is 0. The van der Waals surface area contributed by atoms with E-state index < -0.39 is 30.1 Å². The van der Waals surface area contributed by atoms with Crippen LogP contribution in [0.15, 0.2) is 127 Å². The Morgan fingerprint density at radius 3 is 0.862 bits per heavy atom. The molecule has 0 saturated heterocycles. The Kier molecular flexibility index (Phi) is 29.3. The molecule has 9 N–H and O–H groups in total. The molecule has 23 nitrogen and oxygen atoms in total. The predicted molar refractivity (Wildman–Crippen MR) is 363 cm³/mol. The number of hydrogen-bond acceptors (Lipinski definition) is 19. The first-order chi connectivity index (χ1) is 44.7. The van der Waals surface area contributed by atoms with Crippen LogP contribution in [0, 0.1) is 20.2 Å². The number of nitrogens with zero attached hydrogens (tertiary/aromatic N) is 6. The zero-order valence-corrected chi connectivity index (χ0v) is 56.0. The molecule has 0 bridgehead atoms. The SMILES string of the molecule is C1CCC(NC2CCCCC2)CC1.C1CCC(NC2CCCCC2)CC1.C1CCC(NC2CCCCC2)CC1.O=[N+]([O-])c1ccc(O)c(N=Nc2c(O)ccc3cc(S(=O)(=O)O)ccc23)c1.O=[N+]([O-])c1ccc(O)c(N=Nc2c(O)ccc3cc(S(=O)(=O)O)ccc23)c1.[Fe].[H+].[H+].[H+]. The average molecular weight is 1380 g/mol. The molecule has 0 amide bonds. The Hall–Kier alpha value is -6.74. The Balaban J connectivity index is 0.000000266. The number of azo groups is 2. The molecule has 12 rings (SSSR count). The van der Waals surface area contributed by atoms with Gasteiger partial charge in [-0.1, -0.05) is 140 Å². The van der Waals surface area contributed by atoms with E-state index in [1.807, 2.05) is 0 Å². The predicted octanol–water partition coefficient (Wildman–Crippen LogP) is 17.7. The van der Waals surface area contributed by atoms with Gasteiger partial charge in [0.1, 0.15) is 45.7 Å². The fourth-order valence-corrected chi connectivity index (χ4v) is 14.4. The van der Waals surface area contributed by atoms with Gasteiger partial charge in [-0.05, 0) is 136 Å². The van der Waals surface area contributed by atoms with E-state index in [4.69, 9.17) is 9.11 Å². The second-order valence-corrected chi connectivity index (χ2v) is 28.2. The summed E-state index contributed by atoms with van der Waals surface area (Å²) < 4.78 is 63.2. The number of phenols is 4. The van der Waals surface area contributed by atoms with E-state index in [-0.39, 0.29) is 88.3 Å². The molecule has 26 heteroatoms. The van der Waals surface area contributed by atoms with Gasteiger partial charge in [0.2, 0.25) is 0 Å². The van der Waals surface area contributed by atoms with E-state index in [1.165, 1.54) is 241 Å². The molecule has 6 aliphatic rings. The Morgan fingerprint density at radius 2 is 0.617 bits per heavy atom. The molecule has 6 aliphatic carbocycles. The second kappa shape index (κ2) is 37.0. The van der Waals surface area contributed by atoms with Gasteiger partial charge in [-0.15, -0.1) is 20.5 Å². The number of phenolic OH excluding ortho intramolecular Hbond substituents is 4. The molecule has 6 fully saturated rings. The minimum atomic E-state index is -4.40. The van der Waals surface area contributed by atoms with Crippen LogP contribution in [0.5, 0.6) is 23.0 Å². The number of rotatable bonds is 14. The molecule has 0 radical (unpaired) electrons. The summed E-state index contributed by atoms with van der Waals surface area (Å²) in [4.78, 5) is 19.7. The third-order valence-electron chi connectivity index (χ3n) is 18.4. The summed E-state index contributed by atoms with van der Waals surface area (Å²) in [6.07, 6.45) is 43.7. The van der Waals surface area contributed by atoms with Gasteiger partial charge in [-0.25, -0.2) is 0 Å². The maximum absolute atomic E-state index is 11.2. The summed E-state index contributed by atoms with van der Waals surface area (Å²) in [6, 6.07) is 24.2. The van der Waals surface area contributed by atoms with Crippen molar-refractivity contribution in [3.05, 3.63) is 117 Å². The molecule has 0 spiro atoms. The van der Waals surface area contributed by atoms with Crippen LogP contribution in [0.3, 0.4) is 0 Å². The molecular weight excluding hydrogens is 1290 g/mol. The molecule has 0 atom stereocenters. The number of benzene rings is 6. The number of fused-ring (bicyclic) bond motifs is 2. The van der Waals surface area contributed by atoms with Gasteiger partial charge >= 0.3 is 4.28 Å². The molecule has 512 valence electrons. The second-order valence-electron chi connectivity index (χ2n) is 25.4. The van der Waals surface area contributed by atoms with Gasteiger partial charge in [0, 0.05) is 88.4 Å². The Morgan fingerprint density at radius 1 is 0.362 bits per heavy atom. The summed E-state index contributed by atoms with van der Waals surface area (Å²) in [5, 5.41) is 89.3. The van der Waals surface area contributed by atoms with Crippen molar-refractivity contribution in [2.24, 2.45) is 20.5 Å². The number of non-ortho nitro benzene ring substituents is 2. The zero-order chi connectivity index (χ0) is 66.3. The smallest absolute Gasteiger partial charge is 0.506 e. The molecule has 6 saturated carbocycles. The van der Waals surface area contributed by atoms with Crippen LogP contribution in [0.4, 0.5) is 34.1 Å². The van der Waals surface area contributed by atoms with Crippen molar-refractivity contribution in [2.75, 3.05) is 0 Å². The van der Waals surface area contributed by atoms with Gasteiger partial charge in [-0.2, -0.15) is 16.8 Å². The summed E-state index contributed by atoms with van der Waals surface area (Å²) >= 11 is 0. The Bertz CT molecular complexity index is 3430. The van der Waals surface area contributed by atoms with Gasteiger partial charge in [0.05, 0.1) is 19.6 Å². The molecule has 0 aromatic heterocycles. The van der Waals surface area contributed by atoms with Gasteiger partial charge in [-0.3, -0.25) is 29.3 Å². The van der Waals surface area contributed by atoms with E-state index in [2.05, 4.69) is 36.4 Å². The summed E-state index contributed by atoms with van der Waals surface area (Å²) in [6.45, 7) is 0. The van der Waals surface area contributed by atoms with Crippen LogP contribution in [0.1, 0.15) is 197 Å². The minimum Gasteiger partial charge on any atom is -0.506 e. The fraction of sp³-hybridized carbons (Fsp3) is 0.529. The van der Waals surface area contributed by atoms with Gasteiger partial charge in [0.15, 0.2) is 0 Å². The summed E-state index contributed by atoms with van der Waals surface area (Å²) in [7, 11) is -8.81. The van der Waals surface area contributed by atoms with Crippen molar-refractivity contribution < 1.29 is 77.6 Å². The maximum atomic E-state index is 11.2. The van der Waals surface area contributed by atoms with E-state index in [0.29, 0.717) is 21.5 Å². The van der Waals surface area contributed by atoms with E-state index in [1.54, 1.807) is 0 Å². The van der Waals surface area contributed by atoms with Crippen molar-refractivity contribution in [3.8, 4) is 23.0 Å². The van der Waals surface area contributed by atoms with Crippen molar-refractivity contribution in [1.29, 1.82) is 0 Å². The van der Waals surface area contributed by atoms with E-state index >= 15 is 0 Å². The monoisotopic (exact) mass is 1380 g/mol. The standard InChI is InChI=1S/2C16H11N3O7S.3C12H23N.Fe/c2*20-14-6-2-10(19(22)23)8-13(14)17-18-16-12-4-3-11(27(24,25)26)7-9(12)1-5-15(16)21;3*1-3-7-11(8-4-1)13-12-9-5-2-6-10-12;/h2*1-8,20-21H,(H,24,25,26);3*11-13H,1-10H2;/p+3. The largest absolute Gasteiger partial charge is 1.00 e. The summed E-state index contributed by atoms with van der Waals surface area (Å²) in [5.41, 5.74) is -1.06. The molecule has 94 heavy (non-hydrogen) atoms. The number of nitro groups is 2. The number of nitrogens with one attached hydrogen (secondary N) is 3. The van der Waals surface area contributed by atoms with Crippen LogP contribution >= 0.6 is 0 Å². The Labute approximate surface area is 565 Å². The fourth-order valence-electron chi connectivity index (χ4n) is 13.3. The number of nitro benzene ring substituents is 2. The van der Waals surface area contributed by atoms with Crippen molar-refractivity contribution in [2.45, 2.75) is 239 Å². The van der Waals surface area contributed by atoms with Crippen LogP contribution in [0.2, 0.25) is 0 Å². The maximum Gasteiger partial charge on any atom is 1.00 e. The molecule has 0 unspecified atom stereocenters. The number of hydrogen-bond donors (Lipinski definition) is 9. The molecule has 6 aromatic carbocycles. The van der Waals surface area contributed by atoms with Crippen LogP contribution in [-0.2, 0) is 37.3 Å². The van der Waals surface area contributed by atoms with Gasteiger partial charge < -0.3 is 36.4 Å². The van der Waals surface area contributed by atoms with Crippen molar-refractivity contribution >= 4 is 75.9 Å². The first kappa shape index (κ1) is 74.7. The van der Waals surface area contributed by atoms with Crippen LogP contribution < -0.4 is 16.0 Å².